The van der Waals surface area contributed by atoms with Crippen molar-refractivity contribution >= 4 is 21.4 Å². The fourth-order valence-corrected chi connectivity index (χ4v) is 6.06. The van der Waals surface area contributed by atoms with Crippen LogP contribution < -0.4 is 0 Å². The summed E-state index contributed by atoms with van der Waals surface area (Å²) >= 11 is 1.38. The van der Waals surface area contributed by atoms with E-state index in [4.69, 9.17) is 0 Å². The number of fused-ring (bicyclic) bond motifs is 1. The molecular weight excluding hydrogens is 254 g/mol. The predicted molar refractivity (Wildman–Crippen MR) is 68.6 cm³/mol. The first-order valence-electron chi connectivity index (χ1n) is 6.14. The van der Waals surface area contributed by atoms with Crippen LogP contribution in [0.25, 0.3) is 0 Å². The lowest BCUT2D eigenvalue weighted by molar-refractivity contribution is 0.447. The van der Waals surface area contributed by atoms with Crippen molar-refractivity contribution in [1.29, 1.82) is 0 Å². The number of thiophene rings is 1. The summed E-state index contributed by atoms with van der Waals surface area (Å²) in [7, 11) is -3.21. The molecule has 0 aromatic carbocycles. The van der Waals surface area contributed by atoms with Crippen molar-refractivity contribution in [2.24, 2.45) is 11.8 Å². The van der Waals surface area contributed by atoms with Gasteiger partial charge in [0.1, 0.15) is 4.21 Å². The zero-order valence-corrected chi connectivity index (χ0v) is 11.6. The zero-order chi connectivity index (χ0) is 12.0. The van der Waals surface area contributed by atoms with E-state index in [2.05, 4.69) is 0 Å². The van der Waals surface area contributed by atoms with Crippen LogP contribution in [0.3, 0.4) is 0 Å². The van der Waals surface area contributed by atoms with Crippen LogP contribution >= 0.6 is 11.3 Å². The number of hydrogen-bond donors (Lipinski definition) is 0. The highest BCUT2D eigenvalue weighted by Gasteiger charge is 2.41. The van der Waals surface area contributed by atoms with Crippen LogP contribution in [0.5, 0.6) is 0 Å². The Labute approximate surface area is 107 Å². The van der Waals surface area contributed by atoms with Crippen molar-refractivity contribution in [3.8, 4) is 0 Å². The van der Waals surface area contributed by atoms with Crippen molar-refractivity contribution in [2.45, 2.75) is 30.4 Å². The van der Waals surface area contributed by atoms with E-state index in [1.807, 2.05) is 13.0 Å². The number of hydrogen-bond acceptors (Lipinski definition) is 3. The average Bonchev–Trinajstić information content (AvgIpc) is 2.89. The van der Waals surface area contributed by atoms with E-state index in [9.17, 15) is 8.42 Å². The minimum absolute atomic E-state index is 0.509. The fourth-order valence-electron chi connectivity index (χ4n) is 3.07. The van der Waals surface area contributed by atoms with Gasteiger partial charge in [-0.15, -0.1) is 11.3 Å². The standard InChI is InChI=1S/C12H17NO2S2/c1-9-5-6-12(16-9)17(14,15)13-7-10-3-2-4-11(10)8-13/h5-6,10-11H,2-4,7-8H2,1H3. The minimum atomic E-state index is -3.21. The smallest absolute Gasteiger partial charge is 0.206 e. The second-order valence-electron chi connectivity index (χ2n) is 5.14. The van der Waals surface area contributed by atoms with Gasteiger partial charge in [0.15, 0.2) is 0 Å². The van der Waals surface area contributed by atoms with Gasteiger partial charge in [-0.1, -0.05) is 6.42 Å². The van der Waals surface area contributed by atoms with Crippen molar-refractivity contribution < 1.29 is 8.42 Å². The van der Waals surface area contributed by atoms with Gasteiger partial charge in [-0.2, -0.15) is 4.31 Å². The summed E-state index contributed by atoms with van der Waals surface area (Å²) in [6.07, 6.45) is 3.70. The highest BCUT2D eigenvalue weighted by Crippen LogP contribution is 2.40. The maximum Gasteiger partial charge on any atom is 0.252 e. The molecule has 3 rings (SSSR count). The summed E-state index contributed by atoms with van der Waals surface area (Å²) in [6, 6.07) is 3.62. The molecule has 0 radical (unpaired) electrons. The molecule has 1 aromatic rings. The molecule has 1 aromatic heterocycles. The Hall–Kier alpha value is -0.390. The third kappa shape index (κ3) is 1.94. The number of sulfonamides is 1. The van der Waals surface area contributed by atoms with Crippen LogP contribution in [0.4, 0.5) is 0 Å². The minimum Gasteiger partial charge on any atom is -0.206 e. The Morgan fingerprint density at radius 2 is 1.88 bits per heavy atom. The van der Waals surface area contributed by atoms with Crippen molar-refractivity contribution in [3.05, 3.63) is 17.0 Å². The first-order chi connectivity index (χ1) is 8.07. The average molecular weight is 271 g/mol. The van der Waals surface area contributed by atoms with Gasteiger partial charge in [0.25, 0.3) is 10.0 Å². The normalized spacial score (nSPS) is 29.7. The van der Waals surface area contributed by atoms with E-state index in [1.54, 1.807) is 10.4 Å². The van der Waals surface area contributed by atoms with E-state index in [1.165, 1.54) is 30.6 Å². The van der Waals surface area contributed by atoms with Crippen molar-refractivity contribution in [3.63, 3.8) is 0 Å². The van der Waals surface area contributed by atoms with E-state index in [0.29, 0.717) is 16.0 Å². The first kappa shape index (κ1) is 11.7. The van der Waals surface area contributed by atoms with Crippen LogP contribution in [0.1, 0.15) is 24.1 Å². The molecule has 0 N–H and O–H groups in total. The van der Waals surface area contributed by atoms with Gasteiger partial charge >= 0.3 is 0 Å². The molecule has 0 amide bonds. The molecule has 2 heterocycles. The van der Waals surface area contributed by atoms with E-state index >= 15 is 0 Å². The van der Waals surface area contributed by atoms with Gasteiger partial charge in [0.2, 0.25) is 0 Å². The van der Waals surface area contributed by atoms with Crippen molar-refractivity contribution in [2.75, 3.05) is 13.1 Å². The summed E-state index contributed by atoms with van der Waals surface area (Å²) in [6.45, 7) is 3.43. The van der Waals surface area contributed by atoms with Crippen LogP contribution in [0.15, 0.2) is 16.3 Å². The summed E-state index contributed by atoms with van der Waals surface area (Å²) < 4.78 is 27.0. The fraction of sp³-hybridized carbons (Fsp3) is 0.667. The molecule has 0 spiro atoms. The van der Waals surface area contributed by atoms with Gasteiger partial charge < -0.3 is 0 Å². The highest BCUT2D eigenvalue weighted by molar-refractivity contribution is 7.91. The molecule has 1 aliphatic carbocycles. The molecule has 2 unspecified atom stereocenters. The lowest BCUT2D eigenvalue weighted by atomic mass is 10.0. The largest absolute Gasteiger partial charge is 0.252 e. The zero-order valence-electron chi connectivity index (χ0n) is 9.93. The molecule has 2 fully saturated rings. The van der Waals surface area contributed by atoms with Crippen LogP contribution in [-0.4, -0.2) is 25.8 Å². The predicted octanol–water partition coefficient (Wildman–Crippen LogP) is 2.48. The van der Waals surface area contributed by atoms with Gasteiger partial charge in [-0.3, -0.25) is 0 Å². The molecule has 5 heteroatoms. The van der Waals surface area contributed by atoms with Gasteiger partial charge in [-0.25, -0.2) is 8.42 Å². The first-order valence-corrected chi connectivity index (χ1v) is 8.39. The lowest BCUT2D eigenvalue weighted by Crippen LogP contribution is -2.29. The Kier molecular flexibility index (Phi) is 2.80. The molecule has 0 bridgehead atoms. The summed E-state index contributed by atoms with van der Waals surface area (Å²) in [5.74, 6) is 1.23. The van der Waals surface area contributed by atoms with E-state index in [0.717, 1.165) is 18.0 Å². The molecule has 1 saturated heterocycles. The molecule has 2 atom stereocenters. The molecule has 1 saturated carbocycles. The Bertz CT molecular complexity index is 508. The summed E-state index contributed by atoms with van der Waals surface area (Å²) in [5, 5.41) is 0. The highest BCUT2D eigenvalue weighted by atomic mass is 32.2. The van der Waals surface area contributed by atoms with Crippen LogP contribution in [0.2, 0.25) is 0 Å². The maximum atomic E-state index is 12.4. The molecular formula is C12H17NO2S2. The topological polar surface area (TPSA) is 37.4 Å². The molecule has 94 valence electrons. The second-order valence-corrected chi connectivity index (χ2v) is 8.59. The third-order valence-corrected chi connectivity index (χ3v) is 7.30. The van der Waals surface area contributed by atoms with E-state index in [-0.39, 0.29) is 0 Å². The van der Waals surface area contributed by atoms with Crippen molar-refractivity contribution in [1.82, 2.24) is 4.31 Å². The van der Waals surface area contributed by atoms with Crippen LogP contribution in [0, 0.1) is 18.8 Å². The second kappa shape index (κ2) is 4.07. The Morgan fingerprint density at radius 1 is 1.24 bits per heavy atom. The van der Waals surface area contributed by atoms with Crippen LogP contribution in [-0.2, 0) is 10.0 Å². The molecule has 3 nitrogen and oxygen atoms in total. The molecule has 1 aliphatic heterocycles. The van der Waals surface area contributed by atoms with Gasteiger partial charge in [0, 0.05) is 18.0 Å². The molecule has 2 aliphatic rings. The quantitative estimate of drug-likeness (QED) is 0.828. The SMILES string of the molecule is Cc1ccc(S(=O)(=O)N2CC3CCCC3C2)s1. The molecule has 17 heavy (non-hydrogen) atoms. The third-order valence-electron chi connectivity index (χ3n) is 4.00. The lowest BCUT2D eigenvalue weighted by Gasteiger charge is -2.15. The maximum absolute atomic E-state index is 12.4. The monoisotopic (exact) mass is 271 g/mol. The van der Waals surface area contributed by atoms with E-state index < -0.39 is 10.0 Å². The number of aryl methyl sites for hydroxylation is 1. The number of nitrogens with zero attached hydrogens (tertiary/aromatic N) is 1. The van der Waals surface area contributed by atoms with Gasteiger partial charge in [0.05, 0.1) is 0 Å². The summed E-state index contributed by atoms with van der Waals surface area (Å²) in [5.41, 5.74) is 0. The Morgan fingerprint density at radius 3 is 2.41 bits per heavy atom. The summed E-state index contributed by atoms with van der Waals surface area (Å²) in [4.78, 5) is 1.06. The van der Waals surface area contributed by atoms with Gasteiger partial charge in [-0.05, 0) is 43.7 Å². The number of rotatable bonds is 2. The Balaban J connectivity index is 1.85.